The number of aryl methyl sites for hydroxylation is 2. The molecule has 1 aliphatic heterocycles. The van der Waals surface area contributed by atoms with E-state index in [0.29, 0.717) is 42.4 Å². The van der Waals surface area contributed by atoms with Crippen LogP contribution in [0.25, 0.3) is 22.4 Å². The highest BCUT2D eigenvalue weighted by Gasteiger charge is 2.37. The molecule has 9 heteroatoms. The van der Waals surface area contributed by atoms with Crippen LogP contribution >= 0.6 is 0 Å². The molecule has 1 amide bonds. The van der Waals surface area contributed by atoms with E-state index in [4.69, 9.17) is 4.52 Å². The Hall–Kier alpha value is -3.88. The van der Waals surface area contributed by atoms with E-state index < -0.39 is 0 Å². The summed E-state index contributed by atoms with van der Waals surface area (Å²) < 4.78 is 7.23. The molecule has 0 unspecified atom stereocenters. The first-order chi connectivity index (χ1) is 15.0. The molecule has 0 aromatic carbocycles. The summed E-state index contributed by atoms with van der Waals surface area (Å²) in [7, 11) is 0. The molecule has 5 heterocycles. The van der Waals surface area contributed by atoms with Crippen molar-refractivity contribution in [3.63, 3.8) is 0 Å². The molecule has 0 spiro atoms. The minimum absolute atomic E-state index is 0.0507. The van der Waals surface area contributed by atoms with Crippen LogP contribution in [-0.4, -0.2) is 48.6 Å². The van der Waals surface area contributed by atoms with Gasteiger partial charge in [-0.3, -0.25) is 14.6 Å². The van der Waals surface area contributed by atoms with Crippen molar-refractivity contribution in [2.24, 2.45) is 0 Å². The van der Waals surface area contributed by atoms with Crippen LogP contribution in [0.15, 0.2) is 52.2 Å². The number of nitrogens with zero attached hydrogens (tertiary/aromatic N) is 6. The third-order valence-corrected chi connectivity index (χ3v) is 5.53. The van der Waals surface area contributed by atoms with Crippen molar-refractivity contribution in [3.05, 3.63) is 70.2 Å². The van der Waals surface area contributed by atoms with E-state index in [9.17, 15) is 9.59 Å². The summed E-state index contributed by atoms with van der Waals surface area (Å²) in [5.74, 6) is 0.635. The zero-order valence-corrected chi connectivity index (χ0v) is 17.1. The predicted octanol–water partition coefficient (Wildman–Crippen LogP) is 2.41. The Labute approximate surface area is 177 Å². The lowest BCUT2D eigenvalue weighted by Gasteiger charge is -2.37. The first-order valence-electron chi connectivity index (χ1n) is 10.1. The zero-order valence-electron chi connectivity index (χ0n) is 17.1. The maximum absolute atomic E-state index is 13.0. The van der Waals surface area contributed by atoms with Gasteiger partial charge in [-0.1, -0.05) is 5.16 Å². The predicted molar refractivity (Wildman–Crippen MR) is 113 cm³/mol. The van der Waals surface area contributed by atoms with E-state index in [1.807, 2.05) is 18.4 Å². The summed E-state index contributed by atoms with van der Waals surface area (Å²) in [5, 5.41) is 4.47. The van der Waals surface area contributed by atoms with Gasteiger partial charge in [0.25, 0.3) is 5.91 Å². The molecule has 0 atom stereocenters. The van der Waals surface area contributed by atoms with Crippen LogP contribution < -0.4 is 5.43 Å². The Morgan fingerprint density at radius 1 is 1.16 bits per heavy atom. The fourth-order valence-corrected chi connectivity index (χ4v) is 3.74. The molecule has 0 saturated carbocycles. The topological polar surface area (TPSA) is 107 Å². The van der Waals surface area contributed by atoms with Gasteiger partial charge in [0.2, 0.25) is 17.1 Å². The molecular formula is C22H20N6O3. The van der Waals surface area contributed by atoms with Gasteiger partial charge in [0.1, 0.15) is 11.2 Å². The largest absolute Gasteiger partial charge is 0.339 e. The normalized spacial score (nSPS) is 14.1. The molecule has 1 fully saturated rings. The molecule has 1 aliphatic rings. The Morgan fingerprint density at radius 3 is 2.68 bits per heavy atom. The van der Waals surface area contributed by atoms with Crippen molar-refractivity contribution in [1.29, 1.82) is 0 Å². The fourth-order valence-electron chi connectivity index (χ4n) is 3.74. The molecule has 31 heavy (non-hydrogen) atoms. The van der Waals surface area contributed by atoms with Gasteiger partial charge in [-0.2, -0.15) is 4.98 Å². The molecule has 4 aromatic rings. The van der Waals surface area contributed by atoms with Gasteiger partial charge in [-0.15, -0.1) is 0 Å². The van der Waals surface area contributed by atoms with Gasteiger partial charge in [0, 0.05) is 49.5 Å². The Balaban J connectivity index is 1.37. The lowest BCUT2D eigenvalue weighted by molar-refractivity contribution is 0.0567. The second-order valence-electron chi connectivity index (χ2n) is 7.58. The Morgan fingerprint density at radius 2 is 1.94 bits per heavy atom. The summed E-state index contributed by atoms with van der Waals surface area (Å²) in [6.45, 7) is 5.29. The number of fused-ring (bicyclic) bond motifs is 1. The van der Waals surface area contributed by atoms with Crippen LogP contribution in [0.5, 0.6) is 0 Å². The minimum atomic E-state index is -0.293. The van der Waals surface area contributed by atoms with E-state index in [0.717, 1.165) is 11.3 Å². The summed E-state index contributed by atoms with van der Waals surface area (Å²) in [6, 6.07) is 7.13. The number of carbonyl (C=O) groups excluding carboxylic acids is 1. The molecule has 0 N–H and O–H groups in total. The van der Waals surface area contributed by atoms with Crippen molar-refractivity contribution >= 4 is 16.9 Å². The minimum Gasteiger partial charge on any atom is -0.339 e. The number of carbonyl (C=O) groups is 1. The molecular weight excluding hydrogens is 396 g/mol. The molecule has 9 nitrogen and oxygen atoms in total. The van der Waals surface area contributed by atoms with E-state index in [2.05, 4.69) is 20.1 Å². The van der Waals surface area contributed by atoms with Gasteiger partial charge in [-0.05, 0) is 38.1 Å². The second kappa shape index (κ2) is 7.42. The van der Waals surface area contributed by atoms with Crippen molar-refractivity contribution in [3.8, 4) is 11.4 Å². The number of hydrogen-bond acceptors (Lipinski definition) is 7. The number of pyridine rings is 3. The number of aromatic nitrogens is 5. The Kier molecular flexibility index (Phi) is 4.58. The van der Waals surface area contributed by atoms with Gasteiger partial charge in [0.05, 0.1) is 11.3 Å². The average Bonchev–Trinajstić information content (AvgIpc) is 3.23. The van der Waals surface area contributed by atoms with Gasteiger partial charge < -0.3 is 14.0 Å². The number of amides is 1. The summed E-state index contributed by atoms with van der Waals surface area (Å²) in [6.07, 6.45) is 4.94. The third-order valence-electron chi connectivity index (χ3n) is 5.53. The number of rotatable bonds is 4. The highest BCUT2D eigenvalue weighted by Crippen LogP contribution is 2.28. The van der Waals surface area contributed by atoms with E-state index in [-0.39, 0.29) is 22.8 Å². The fraction of sp³-hybridized carbons (Fsp3) is 0.273. The smallest absolute Gasteiger partial charge is 0.259 e. The molecule has 0 aliphatic carbocycles. The molecule has 4 aromatic heterocycles. The van der Waals surface area contributed by atoms with Crippen LogP contribution in [0.1, 0.15) is 34.8 Å². The summed E-state index contributed by atoms with van der Waals surface area (Å²) in [5.41, 5.74) is 2.10. The monoisotopic (exact) mass is 416 g/mol. The van der Waals surface area contributed by atoms with Crippen molar-refractivity contribution in [1.82, 2.24) is 29.6 Å². The molecule has 0 radical (unpaired) electrons. The number of likely N-dealkylation sites (tertiary alicyclic amines) is 1. The lowest BCUT2D eigenvalue weighted by atomic mass is 9.98. The molecule has 5 rings (SSSR count). The first-order valence-corrected chi connectivity index (χ1v) is 10.1. The van der Waals surface area contributed by atoms with Crippen LogP contribution in [-0.2, 0) is 6.54 Å². The van der Waals surface area contributed by atoms with Crippen LogP contribution in [0.2, 0.25) is 0 Å². The van der Waals surface area contributed by atoms with Gasteiger partial charge in [-0.25, -0.2) is 4.98 Å². The summed E-state index contributed by atoms with van der Waals surface area (Å²) >= 11 is 0. The van der Waals surface area contributed by atoms with Gasteiger partial charge in [0.15, 0.2) is 0 Å². The highest BCUT2D eigenvalue weighted by molar-refractivity contribution is 5.97. The maximum Gasteiger partial charge on any atom is 0.259 e. The third kappa shape index (κ3) is 3.27. The molecule has 1 saturated heterocycles. The van der Waals surface area contributed by atoms with Gasteiger partial charge >= 0.3 is 0 Å². The van der Waals surface area contributed by atoms with E-state index >= 15 is 0 Å². The highest BCUT2D eigenvalue weighted by atomic mass is 16.5. The molecule has 156 valence electrons. The van der Waals surface area contributed by atoms with Crippen molar-refractivity contribution in [2.75, 3.05) is 13.1 Å². The quantitative estimate of drug-likeness (QED) is 0.503. The van der Waals surface area contributed by atoms with Crippen molar-refractivity contribution in [2.45, 2.75) is 26.3 Å². The summed E-state index contributed by atoms with van der Waals surface area (Å²) in [4.78, 5) is 40.5. The average molecular weight is 416 g/mol. The second-order valence-corrected chi connectivity index (χ2v) is 7.58. The first kappa shape index (κ1) is 19.1. The van der Waals surface area contributed by atoms with Crippen LogP contribution in [0, 0.1) is 6.92 Å². The SMILES string of the molecule is CCn1cc(C(=O)N2CC(c3nc(-c4ccncc4)no3)C2)c(=O)c2ccc(C)nc21. The standard InChI is InChI=1S/C22H20N6O3/c1-3-27-12-17(18(29)16-5-4-13(2)24-20(16)27)22(30)28-10-15(11-28)21-25-19(26-31-21)14-6-8-23-9-7-14/h4-9,12,15H,3,10-11H2,1-2H3. The molecule has 0 bridgehead atoms. The lowest BCUT2D eigenvalue weighted by Crippen LogP contribution is -2.49. The van der Waals surface area contributed by atoms with E-state index in [1.54, 1.807) is 47.8 Å². The number of hydrogen-bond donors (Lipinski definition) is 0. The van der Waals surface area contributed by atoms with E-state index in [1.165, 1.54) is 0 Å². The zero-order chi connectivity index (χ0) is 21.5. The van der Waals surface area contributed by atoms with Crippen LogP contribution in [0.4, 0.5) is 0 Å². The van der Waals surface area contributed by atoms with Crippen LogP contribution in [0.3, 0.4) is 0 Å². The van der Waals surface area contributed by atoms with Crippen molar-refractivity contribution < 1.29 is 9.32 Å². The maximum atomic E-state index is 13.0. The Bertz CT molecular complexity index is 1340.